The van der Waals surface area contributed by atoms with E-state index in [0.717, 1.165) is 32.6 Å². The molecule has 4 nitrogen and oxygen atoms in total. The van der Waals surface area contributed by atoms with Crippen LogP contribution in [0.1, 0.15) is 36.8 Å². The van der Waals surface area contributed by atoms with Crippen LogP contribution in [0.2, 0.25) is 0 Å². The Morgan fingerprint density at radius 2 is 1.96 bits per heavy atom. The number of aliphatic hydroxyl groups excluding tert-OH is 1. The average molecular weight is 367 g/mol. The quantitative estimate of drug-likeness (QED) is 0.902. The van der Waals surface area contributed by atoms with Gasteiger partial charge in [0.2, 0.25) is 5.91 Å². The van der Waals surface area contributed by atoms with Gasteiger partial charge in [0.05, 0.1) is 6.61 Å². The summed E-state index contributed by atoms with van der Waals surface area (Å²) in [6.07, 6.45) is 3.98. The summed E-state index contributed by atoms with van der Waals surface area (Å²) in [7, 11) is 0. The molecule has 2 heterocycles. The number of benzene rings is 2. The van der Waals surface area contributed by atoms with Gasteiger partial charge >= 0.3 is 0 Å². The molecule has 144 valence electrons. The number of likely N-dealkylation sites (tertiary alicyclic amines) is 2. The van der Waals surface area contributed by atoms with E-state index in [1.54, 1.807) is 0 Å². The van der Waals surface area contributed by atoms with Gasteiger partial charge in [0, 0.05) is 38.0 Å². The summed E-state index contributed by atoms with van der Waals surface area (Å²) in [6.45, 7) is 6.69. The molecule has 2 aliphatic rings. The van der Waals surface area contributed by atoms with Crippen LogP contribution >= 0.6 is 0 Å². The molecule has 0 saturated carbocycles. The molecule has 0 radical (unpaired) electrons. The van der Waals surface area contributed by atoms with E-state index in [4.69, 9.17) is 0 Å². The van der Waals surface area contributed by atoms with Crippen molar-refractivity contribution in [2.24, 2.45) is 5.41 Å². The monoisotopic (exact) mass is 366 g/mol. The van der Waals surface area contributed by atoms with E-state index in [1.165, 1.54) is 34.7 Å². The largest absolute Gasteiger partial charge is 0.395 e. The van der Waals surface area contributed by atoms with Gasteiger partial charge in [-0.05, 0) is 54.6 Å². The van der Waals surface area contributed by atoms with E-state index in [-0.39, 0.29) is 17.9 Å². The molecule has 0 unspecified atom stereocenters. The highest BCUT2D eigenvalue weighted by Crippen LogP contribution is 2.39. The van der Waals surface area contributed by atoms with Crippen LogP contribution in [0.4, 0.5) is 0 Å². The summed E-state index contributed by atoms with van der Waals surface area (Å²) in [5.41, 5.74) is 2.98. The topological polar surface area (TPSA) is 43.8 Å². The van der Waals surface area contributed by atoms with E-state index in [9.17, 15) is 9.90 Å². The summed E-state index contributed by atoms with van der Waals surface area (Å²) in [5, 5.41) is 12.0. The highest BCUT2D eigenvalue weighted by atomic mass is 16.3. The number of hydrogen-bond acceptors (Lipinski definition) is 3. The summed E-state index contributed by atoms with van der Waals surface area (Å²) >= 11 is 0. The molecule has 4 heteroatoms. The number of aliphatic hydroxyl groups is 1. The number of fused-ring (bicyclic) bond motifs is 1. The molecule has 0 aliphatic carbocycles. The molecule has 0 bridgehead atoms. The second kappa shape index (κ2) is 7.61. The summed E-state index contributed by atoms with van der Waals surface area (Å²) in [6, 6.07) is 13.1. The highest BCUT2D eigenvalue weighted by Gasteiger charge is 2.41. The van der Waals surface area contributed by atoms with Crippen molar-refractivity contribution in [2.75, 3.05) is 32.8 Å². The van der Waals surface area contributed by atoms with Gasteiger partial charge in [0.15, 0.2) is 0 Å². The minimum Gasteiger partial charge on any atom is -0.395 e. The average Bonchev–Trinajstić information content (AvgIpc) is 2.68. The lowest BCUT2D eigenvalue weighted by atomic mass is 9.73. The molecule has 4 rings (SSSR count). The maximum Gasteiger partial charge on any atom is 0.222 e. The molecule has 2 aromatic carbocycles. The van der Waals surface area contributed by atoms with Crippen molar-refractivity contribution in [1.29, 1.82) is 0 Å². The zero-order valence-corrected chi connectivity index (χ0v) is 16.3. The second-order valence-electron chi connectivity index (χ2n) is 8.44. The van der Waals surface area contributed by atoms with Crippen LogP contribution in [0.3, 0.4) is 0 Å². The molecule has 2 aliphatic heterocycles. The standard InChI is InChI=1S/C23H30N2O2/c1-18-7-8-19-5-2-3-6-20(19)21(18)15-24-12-4-10-23(16-24)11-9-22(27)25(17-23)13-14-26/h2-3,5-8,26H,4,9-17H2,1H3/t23-/m1/s1. The number of amides is 1. The summed E-state index contributed by atoms with van der Waals surface area (Å²) in [4.78, 5) is 16.6. The Balaban J connectivity index is 1.54. The Morgan fingerprint density at radius 1 is 1.11 bits per heavy atom. The number of hydrogen-bond donors (Lipinski definition) is 1. The maximum atomic E-state index is 12.2. The molecule has 2 fully saturated rings. The minimum absolute atomic E-state index is 0.0563. The van der Waals surface area contributed by atoms with Crippen LogP contribution in [-0.2, 0) is 11.3 Å². The fourth-order valence-corrected chi connectivity index (χ4v) is 5.08. The first-order chi connectivity index (χ1) is 13.1. The molecular weight excluding hydrogens is 336 g/mol. The van der Waals surface area contributed by atoms with Crippen molar-refractivity contribution >= 4 is 16.7 Å². The molecule has 2 saturated heterocycles. The Bertz CT molecular complexity index is 834. The Morgan fingerprint density at radius 3 is 2.81 bits per heavy atom. The number of β-amino-alcohol motifs (C(OH)–C–C–N with tert-alkyl or cyclic N) is 1. The Kier molecular flexibility index (Phi) is 5.20. The number of carbonyl (C=O) groups is 1. The molecule has 0 aromatic heterocycles. The molecule has 2 aromatic rings. The number of carbonyl (C=O) groups excluding carboxylic acids is 1. The Hall–Kier alpha value is -1.91. The molecule has 27 heavy (non-hydrogen) atoms. The van der Waals surface area contributed by atoms with Crippen molar-refractivity contribution in [3.8, 4) is 0 Å². The highest BCUT2D eigenvalue weighted by molar-refractivity contribution is 5.86. The number of aryl methyl sites for hydroxylation is 1. The lowest BCUT2D eigenvalue weighted by Gasteiger charge is -2.48. The minimum atomic E-state index is 0.0563. The van der Waals surface area contributed by atoms with E-state index < -0.39 is 0 Å². The van der Waals surface area contributed by atoms with Gasteiger partial charge in [0.1, 0.15) is 0 Å². The van der Waals surface area contributed by atoms with Gasteiger partial charge in [-0.2, -0.15) is 0 Å². The van der Waals surface area contributed by atoms with Gasteiger partial charge < -0.3 is 10.0 Å². The first kappa shape index (κ1) is 18.5. The van der Waals surface area contributed by atoms with Crippen molar-refractivity contribution in [1.82, 2.24) is 9.80 Å². The number of rotatable bonds is 4. The van der Waals surface area contributed by atoms with Crippen molar-refractivity contribution < 1.29 is 9.90 Å². The van der Waals surface area contributed by atoms with E-state index in [2.05, 4.69) is 48.2 Å². The maximum absolute atomic E-state index is 12.2. The van der Waals surface area contributed by atoms with Crippen LogP contribution in [0.5, 0.6) is 0 Å². The lowest BCUT2D eigenvalue weighted by molar-refractivity contribution is -0.140. The van der Waals surface area contributed by atoms with Gasteiger partial charge in [-0.3, -0.25) is 9.69 Å². The van der Waals surface area contributed by atoms with Crippen LogP contribution < -0.4 is 0 Å². The zero-order chi connectivity index (χ0) is 18.9. The zero-order valence-electron chi connectivity index (χ0n) is 16.3. The Labute approximate surface area is 161 Å². The van der Waals surface area contributed by atoms with E-state index in [1.807, 2.05) is 4.90 Å². The number of nitrogens with zero attached hydrogens (tertiary/aromatic N) is 2. The van der Waals surface area contributed by atoms with Gasteiger partial charge in [-0.1, -0.05) is 36.4 Å². The lowest BCUT2D eigenvalue weighted by Crippen LogP contribution is -2.54. The SMILES string of the molecule is Cc1ccc2ccccc2c1CN1CCC[C@@]2(CCC(=O)N(CCO)C2)C1. The molecule has 1 spiro atoms. The third kappa shape index (κ3) is 3.74. The first-order valence-corrected chi connectivity index (χ1v) is 10.2. The van der Waals surface area contributed by atoms with E-state index >= 15 is 0 Å². The number of piperidine rings is 2. The van der Waals surface area contributed by atoms with Crippen molar-refractivity contribution in [3.63, 3.8) is 0 Å². The predicted octanol–water partition coefficient (Wildman–Crippen LogP) is 3.35. The third-order valence-corrected chi connectivity index (χ3v) is 6.52. The normalized spacial score (nSPS) is 24.1. The van der Waals surface area contributed by atoms with Crippen molar-refractivity contribution in [2.45, 2.75) is 39.2 Å². The first-order valence-electron chi connectivity index (χ1n) is 10.2. The van der Waals surface area contributed by atoms with Crippen LogP contribution in [0.25, 0.3) is 10.8 Å². The molecular formula is C23H30N2O2. The van der Waals surface area contributed by atoms with E-state index in [0.29, 0.717) is 13.0 Å². The molecule has 1 atom stereocenters. The van der Waals surface area contributed by atoms with Gasteiger partial charge in [-0.15, -0.1) is 0 Å². The fraction of sp³-hybridized carbons (Fsp3) is 0.522. The molecule has 1 amide bonds. The van der Waals surface area contributed by atoms with Crippen molar-refractivity contribution in [3.05, 3.63) is 47.5 Å². The second-order valence-corrected chi connectivity index (χ2v) is 8.44. The fourth-order valence-electron chi connectivity index (χ4n) is 5.08. The summed E-state index contributed by atoms with van der Waals surface area (Å²) < 4.78 is 0. The smallest absolute Gasteiger partial charge is 0.222 e. The van der Waals surface area contributed by atoms with Gasteiger partial charge in [0.25, 0.3) is 0 Å². The summed E-state index contributed by atoms with van der Waals surface area (Å²) in [5.74, 6) is 0.205. The van der Waals surface area contributed by atoms with Gasteiger partial charge in [-0.25, -0.2) is 0 Å². The molecule has 1 N–H and O–H groups in total. The van der Waals surface area contributed by atoms with Crippen LogP contribution in [-0.4, -0.2) is 53.6 Å². The third-order valence-electron chi connectivity index (χ3n) is 6.52. The van der Waals surface area contributed by atoms with Crippen LogP contribution in [0, 0.1) is 12.3 Å². The predicted molar refractivity (Wildman–Crippen MR) is 109 cm³/mol. The van der Waals surface area contributed by atoms with Crippen LogP contribution in [0.15, 0.2) is 36.4 Å².